The highest BCUT2D eigenvalue weighted by Crippen LogP contribution is 2.18. The highest BCUT2D eigenvalue weighted by atomic mass is 16.2. The highest BCUT2D eigenvalue weighted by molar-refractivity contribution is 5.89. The van der Waals surface area contributed by atoms with E-state index >= 15 is 0 Å². The van der Waals surface area contributed by atoms with Crippen LogP contribution in [0.25, 0.3) is 10.9 Å². The Bertz CT molecular complexity index is 805. The fraction of sp³-hybridized carbons (Fsp3) is 0.211. The van der Waals surface area contributed by atoms with Crippen LogP contribution in [0.1, 0.15) is 18.1 Å². The van der Waals surface area contributed by atoms with Crippen molar-refractivity contribution >= 4 is 22.5 Å². The second-order valence-corrected chi connectivity index (χ2v) is 5.65. The van der Waals surface area contributed by atoms with Crippen LogP contribution in [0.2, 0.25) is 0 Å². The number of hydrogen-bond donors (Lipinski definition) is 2. The molecule has 0 aliphatic heterocycles. The minimum atomic E-state index is -0.0165. The third-order valence-electron chi connectivity index (χ3n) is 3.95. The molecule has 0 radical (unpaired) electrons. The number of nitrogens with zero attached hydrogens (tertiary/aromatic N) is 1. The van der Waals surface area contributed by atoms with E-state index in [1.165, 1.54) is 5.56 Å². The van der Waals surface area contributed by atoms with Crippen molar-refractivity contribution in [1.29, 1.82) is 0 Å². The number of nitrogens with one attached hydrogen (secondary N) is 2. The standard InChI is InChI=1S/C19H21N3O/c1-3-22(16-10-8-14(2)9-11-16)21-19(23)12-15-13-20-18-7-5-4-6-17(15)18/h4-11,13,20H,3,12H2,1-2H3,(H,21,23). The predicted octanol–water partition coefficient (Wildman–Crippen LogP) is 3.58. The zero-order chi connectivity index (χ0) is 16.2. The Labute approximate surface area is 136 Å². The van der Waals surface area contributed by atoms with E-state index in [1.54, 1.807) is 0 Å². The lowest BCUT2D eigenvalue weighted by molar-refractivity contribution is -0.120. The van der Waals surface area contributed by atoms with Crippen molar-refractivity contribution in [2.75, 3.05) is 11.6 Å². The first-order valence-electron chi connectivity index (χ1n) is 7.86. The fourth-order valence-electron chi connectivity index (χ4n) is 2.69. The van der Waals surface area contributed by atoms with Crippen molar-refractivity contribution in [2.45, 2.75) is 20.3 Å². The molecule has 1 heterocycles. The van der Waals surface area contributed by atoms with Gasteiger partial charge in [0.15, 0.2) is 0 Å². The summed E-state index contributed by atoms with van der Waals surface area (Å²) in [5, 5.41) is 2.97. The number of fused-ring (bicyclic) bond motifs is 1. The molecule has 3 aromatic rings. The number of carbonyl (C=O) groups is 1. The van der Waals surface area contributed by atoms with Gasteiger partial charge in [-0.3, -0.25) is 15.2 Å². The molecule has 2 aromatic carbocycles. The Hall–Kier alpha value is -2.75. The van der Waals surface area contributed by atoms with Gasteiger partial charge >= 0.3 is 0 Å². The Morgan fingerprint density at radius 3 is 2.61 bits per heavy atom. The second-order valence-electron chi connectivity index (χ2n) is 5.65. The van der Waals surface area contributed by atoms with Gasteiger partial charge in [-0.1, -0.05) is 35.9 Å². The molecule has 0 aliphatic rings. The van der Waals surface area contributed by atoms with Crippen LogP contribution in [-0.4, -0.2) is 17.4 Å². The van der Waals surface area contributed by atoms with Crippen molar-refractivity contribution in [3.05, 3.63) is 65.9 Å². The minimum Gasteiger partial charge on any atom is -0.361 e. The Morgan fingerprint density at radius 1 is 1.13 bits per heavy atom. The molecule has 2 N–H and O–H groups in total. The van der Waals surface area contributed by atoms with Crippen molar-refractivity contribution in [2.24, 2.45) is 0 Å². The quantitative estimate of drug-likeness (QED) is 0.708. The van der Waals surface area contributed by atoms with E-state index in [0.29, 0.717) is 13.0 Å². The van der Waals surface area contributed by atoms with E-state index in [2.05, 4.69) is 17.3 Å². The van der Waals surface area contributed by atoms with E-state index < -0.39 is 0 Å². The summed E-state index contributed by atoms with van der Waals surface area (Å²) in [6, 6.07) is 16.2. The lowest BCUT2D eigenvalue weighted by Crippen LogP contribution is -2.43. The van der Waals surface area contributed by atoms with Gasteiger partial charge in [0.1, 0.15) is 0 Å². The van der Waals surface area contributed by atoms with E-state index in [9.17, 15) is 4.79 Å². The average Bonchev–Trinajstić information content (AvgIpc) is 2.97. The van der Waals surface area contributed by atoms with Crippen LogP contribution in [0.3, 0.4) is 0 Å². The van der Waals surface area contributed by atoms with Gasteiger partial charge in [-0.25, -0.2) is 0 Å². The summed E-state index contributed by atoms with van der Waals surface area (Å²) in [6.07, 6.45) is 2.26. The molecule has 118 valence electrons. The van der Waals surface area contributed by atoms with E-state index in [4.69, 9.17) is 0 Å². The lowest BCUT2D eigenvalue weighted by atomic mass is 10.1. The summed E-state index contributed by atoms with van der Waals surface area (Å²) in [6.45, 7) is 4.78. The van der Waals surface area contributed by atoms with Crippen molar-refractivity contribution < 1.29 is 4.79 Å². The molecule has 0 saturated heterocycles. The molecular weight excluding hydrogens is 286 g/mol. The molecule has 4 nitrogen and oxygen atoms in total. The Balaban J connectivity index is 1.71. The van der Waals surface area contributed by atoms with Crippen LogP contribution in [0.15, 0.2) is 54.7 Å². The number of aromatic nitrogens is 1. The number of hydrogen-bond acceptors (Lipinski definition) is 2. The first-order valence-corrected chi connectivity index (χ1v) is 7.86. The molecule has 3 rings (SSSR count). The van der Waals surface area contributed by atoms with Crippen molar-refractivity contribution in [3.63, 3.8) is 0 Å². The van der Waals surface area contributed by atoms with Gasteiger partial charge in [0.2, 0.25) is 5.91 Å². The number of aromatic amines is 1. The molecule has 0 saturated carbocycles. The molecule has 0 fully saturated rings. The van der Waals surface area contributed by atoms with Gasteiger partial charge in [-0.15, -0.1) is 0 Å². The number of benzene rings is 2. The largest absolute Gasteiger partial charge is 0.361 e. The number of para-hydroxylation sites is 1. The molecule has 0 aliphatic carbocycles. The molecule has 0 bridgehead atoms. The summed E-state index contributed by atoms with van der Waals surface area (Å²) in [4.78, 5) is 15.6. The summed E-state index contributed by atoms with van der Waals surface area (Å²) in [7, 11) is 0. The third-order valence-corrected chi connectivity index (χ3v) is 3.95. The normalized spacial score (nSPS) is 10.7. The van der Waals surface area contributed by atoms with Gasteiger partial charge in [0.25, 0.3) is 0 Å². The Morgan fingerprint density at radius 2 is 1.87 bits per heavy atom. The van der Waals surface area contributed by atoms with E-state index in [-0.39, 0.29) is 5.91 Å². The van der Waals surface area contributed by atoms with Gasteiger partial charge in [0.05, 0.1) is 12.1 Å². The van der Waals surface area contributed by atoms with Crippen LogP contribution >= 0.6 is 0 Å². The van der Waals surface area contributed by atoms with Crippen molar-refractivity contribution in [3.8, 4) is 0 Å². The number of rotatable bonds is 5. The van der Waals surface area contributed by atoms with Gasteiger partial charge in [-0.2, -0.15) is 0 Å². The average molecular weight is 307 g/mol. The van der Waals surface area contributed by atoms with Crippen LogP contribution in [0, 0.1) is 6.92 Å². The van der Waals surface area contributed by atoms with Gasteiger partial charge in [-0.05, 0) is 37.6 Å². The topological polar surface area (TPSA) is 48.1 Å². The molecule has 1 aromatic heterocycles. The highest BCUT2D eigenvalue weighted by Gasteiger charge is 2.12. The molecule has 4 heteroatoms. The summed E-state index contributed by atoms with van der Waals surface area (Å²) in [5.74, 6) is -0.0165. The first kappa shape index (κ1) is 15.2. The minimum absolute atomic E-state index is 0.0165. The predicted molar refractivity (Wildman–Crippen MR) is 94.3 cm³/mol. The maximum absolute atomic E-state index is 12.4. The molecule has 0 atom stereocenters. The zero-order valence-electron chi connectivity index (χ0n) is 13.5. The number of H-pyrrole nitrogens is 1. The number of anilines is 1. The van der Waals surface area contributed by atoms with Crippen LogP contribution in [0.5, 0.6) is 0 Å². The molecule has 1 amide bonds. The monoisotopic (exact) mass is 307 g/mol. The fourth-order valence-corrected chi connectivity index (χ4v) is 2.69. The summed E-state index contributed by atoms with van der Waals surface area (Å²) >= 11 is 0. The maximum Gasteiger partial charge on any atom is 0.242 e. The molecule has 23 heavy (non-hydrogen) atoms. The number of aryl methyl sites for hydroxylation is 1. The molecule has 0 unspecified atom stereocenters. The SMILES string of the molecule is CCN(NC(=O)Cc1c[nH]c2ccccc12)c1ccc(C)cc1. The summed E-state index contributed by atoms with van der Waals surface area (Å²) < 4.78 is 0. The third kappa shape index (κ3) is 3.37. The van der Waals surface area contributed by atoms with Gasteiger partial charge < -0.3 is 4.98 Å². The molecular formula is C19H21N3O. The van der Waals surface area contributed by atoms with E-state index in [1.807, 2.05) is 66.7 Å². The smallest absolute Gasteiger partial charge is 0.242 e. The summed E-state index contributed by atoms with van der Waals surface area (Å²) in [5.41, 5.74) is 7.25. The van der Waals surface area contributed by atoms with E-state index in [0.717, 1.165) is 22.2 Å². The second kappa shape index (κ2) is 6.57. The maximum atomic E-state index is 12.4. The van der Waals surface area contributed by atoms with Crippen LogP contribution in [-0.2, 0) is 11.2 Å². The first-order chi connectivity index (χ1) is 11.2. The number of hydrazine groups is 1. The Kier molecular flexibility index (Phi) is 4.33. The van der Waals surface area contributed by atoms with Crippen LogP contribution < -0.4 is 10.4 Å². The van der Waals surface area contributed by atoms with Gasteiger partial charge in [0, 0.05) is 23.6 Å². The van der Waals surface area contributed by atoms with Crippen molar-refractivity contribution in [1.82, 2.24) is 10.4 Å². The number of carbonyl (C=O) groups excluding carboxylic acids is 1. The van der Waals surface area contributed by atoms with Crippen LogP contribution in [0.4, 0.5) is 5.69 Å². The number of amides is 1. The lowest BCUT2D eigenvalue weighted by Gasteiger charge is -2.24. The zero-order valence-corrected chi connectivity index (χ0v) is 13.5. The molecule has 0 spiro atoms.